The molecule has 0 aliphatic heterocycles. The molecule has 0 radical (unpaired) electrons. The van der Waals surface area contributed by atoms with E-state index in [1.54, 1.807) is 22.7 Å². The highest BCUT2D eigenvalue weighted by atomic mass is 32.1. The van der Waals surface area contributed by atoms with Crippen LogP contribution in [0, 0.1) is 0 Å². The fourth-order valence-corrected chi connectivity index (χ4v) is 3.69. The average Bonchev–Trinajstić information content (AvgIpc) is 3.15. The molecule has 4 nitrogen and oxygen atoms in total. The lowest BCUT2D eigenvalue weighted by Gasteiger charge is -2.16. The Hall–Kier alpha value is -1.40. The SMILES string of the molecule is CCNC(=NCc1nc(C(C)(C)C)cs1)NC(C)c1cccs1. The van der Waals surface area contributed by atoms with E-state index in [0.717, 1.165) is 23.2 Å². The van der Waals surface area contributed by atoms with Gasteiger partial charge in [-0.15, -0.1) is 22.7 Å². The van der Waals surface area contributed by atoms with Crippen LogP contribution in [0.1, 0.15) is 56.2 Å². The molecule has 2 N–H and O–H groups in total. The zero-order chi connectivity index (χ0) is 16.9. The first kappa shape index (κ1) is 17.9. The van der Waals surface area contributed by atoms with Crippen LogP contribution in [0.2, 0.25) is 0 Å². The Morgan fingerprint density at radius 1 is 1.35 bits per heavy atom. The number of hydrogen-bond donors (Lipinski definition) is 2. The summed E-state index contributed by atoms with van der Waals surface area (Å²) in [5.41, 5.74) is 1.23. The Bertz CT molecular complexity index is 623. The van der Waals surface area contributed by atoms with Crippen molar-refractivity contribution in [2.45, 2.75) is 52.6 Å². The molecule has 0 aromatic carbocycles. The molecule has 1 unspecified atom stereocenters. The van der Waals surface area contributed by atoms with Gasteiger partial charge in [-0.3, -0.25) is 0 Å². The minimum absolute atomic E-state index is 0.0922. The van der Waals surface area contributed by atoms with Crippen LogP contribution in [0.3, 0.4) is 0 Å². The summed E-state index contributed by atoms with van der Waals surface area (Å²) in [5, 5.41) is 12.0. The van der Waals surface area contributed by atoms with E-state index in [1.807, 2.05) is 0 Å². The first-order valence-corrected chi connectivity index (χ1v) is 9.69. The third kappa shape index (κ3) is 5.32. The molecule has 0 aliphatic rings. The summed E-state index contributed by atoms with van der Waals surface area (Å²) in [5.74, 6) is 0.834. The summed E-state index contributed by atoms with van der Waals surface area (Å²) in [4.78, 5) is 10.7. The van der Waals surface area contributed by atoms with Crippen molar-refractivity contribution in [3.8, 4) is 0 Å². The van der Waals surface area contributed by atoms with Gasteiger partial charge >= 0.3 is 0 Å². The van der Waals surface area contributed by atoms with E-state index in [9.17, 15) is 0 Å². The number of aromatic nitrogens is 1. The molecule has 0 fully saturated rings. The molecule has 2 heterocycles. The van der Waals surface area contributed by atoms with Gasteiger partial charge in [0.15, 0.2) is 5.96 Å². The smallest absolute Gasteiger partial charge is 0.192 e. The monoisotopic (exact) mass is 350 g/mol. The molecule has 2 rings (SSSR count). The maximum Gasteiger partial charge on any atom is 0.192 e. The maximum absolute atomic E-state index is 4.70. The number of aliphatic imine (C=N–C) groups is 1. The van der Waals surface area contributed by atoms with E-state index < -0.39 is 0 Å². The third-order valence-corrected chi connectivity index (χ3v) is 5.25. The second kappa shape index (κ2) is 7.93. The van der Waals surface area contributed by atoms with Gasteiger partial charge in [-0.05, 0) is 25.3 Å². The highest BCUT2D eigenvalue weighted by molar-refractivity contribution is 7.10. The van der Waals surface area contributed by atoms with E-state index in [2.05, 4.69) is 73.1 Å². The van der Waals surface area contributed by atoms with Crippen molar-refractivity contribution in [2.24, 2.45) is 4.99 Å². The third-order valence-electron chi connectivity index (χ3n) is 3.36. The van der Waals surface area contributed by atoms with Crippen LogP contribution >= 0.6 is 22.7 Å². The molecular weight excluding hydrogens is 324 g/mol. The normalized spacial score (nSPS) is 13.9. The molecule has 0 saturated carbocycles. The van der Waals surface area contributed by atoms with E-state index in [-0.39, 0.29) is 11.5 Å². The molecule has 6 heteroatoms. The van der Waals surface area contributed by atoms with Crippen molar-refractivity contribution in [1.29, 1.82) is 0 Å². The average molecular weight is 351 g/mol. The number of guanidine groups is 1. The van der Waals surface area contributed by atoms with E-state index in [0.29, 0.717) is 6.54 Å². The Kier molecular flexibility index (Phi) is 6.18. The van der Waals surface area contributed by atoms with Gasteiger partial charge < -0.3 is 10.6 Å². The molecule has 0 amide bonds. The molecule has 0 aliphatic carbocycles. The van der Waals surface area contributed by atoms with Crippen molar-refractivity contribution in [3.05, 3.63) is 38.5 Å². The lowest BCUT2D eigenvalue weighted by molar-refractivity contribution is 0.571. The summed E-state index contributed by atoms with van der Waals surface area (Å²) in [7, 11) is 0. The number of nitrogens with zero attached hydrogens (tertiary/aromatic N) is 2. The second-order valence-electron chi connectivity index (χ2n) is 6.45. The fourth-order valence-electron chi connectivity index (χ4n) is 2.01. The van der Waals surface area contributed by atoms with Gasteiger partial charge in [0.25, 0.3) is 0 Å². The zero-order valence-corrected chi connectivity index (χ0v) is 16.1. The molecule has 0 spiro atoms. The van der Waals surface area contributed by atoms with Gasteiger partial charge in [-0.25, -0.2) is 9.98 Å². The van der Waals surface area contributed by atoms with Crippen LogP contribution in [0.4, 0.5) is 0 Å². The van der Waals surface area contributed by atoms with Crippen LogP contribution in [0.15, 0.2) is 27.9 Å². The first-order valence-electron chi connectivity index (χ1n) is 7.93. The van der Waals surface area contributed by atoms with Crippen molar-refractivity contribution in [3.63, 3.8) is 0 Å². The fraction of sp³-hybridized carbons (Fsp3) is 0.529. The zero-order valence-electron chi connectivity index (χ0n) is 14.5. The van der Waals surface area contributed by atoms with Crippen molar-refractivity contribution in [2.75, 3.05) is 6.54 Å². The predicted molar refractivity (Wildman–Crippen MR) is 101 cm³/mol. The molecular formula is C17H26N4S2. The summed E-state index contributed by atoms with van der Waals surface area (Å²) < 4.78 is 0. The van der Waals surface area contributed by atoms with Gasteiger partial charge in [-0.1, -0.05) is 26.8 Å². The highest BCUT2D eigenvalue weighted by Crippen LogP contribution is 2.24. The minimum Gasteiger partial charge on any atom is -0.357 e. The standard InChI is InChI=1S/C17H26N4S2/c1-6-18-16(20-12(2)13-8-7-9-22-13)19-10-15-21-14(11-23-15)17(3,4)5/h7-9,11-12H,6,10H2,1-5H3,(H2,18,19,20). The van der Waals surface area contributed by atoms with Crippen LogP contribution in [-0.4, -0.2) is 17.5 Å². The summed E-state index contributed by atoms with van der Waals surface area (Å²) >= 11 is 3.44. The van der Waals surface area contributed by atoms with E-state index in [4.69, 9.17) is 4.98 Å². The Morgan fingerprint density at radius 2 is 2.13 bits per heavy atom. The number of hydrogen-bond acceptors (Lipinski definition) is 4. The number of thiophene rings is 1. The maximum atomic E-state index is 4.70. The van der Waals surface area contributed by atoms with Crippen molar-refractivity contribution in [1.82, 2.24) is 15.6 Å². The lowest BCUT2D eigenvalue weighted by Crippen LogP contribution is -2.38. The Labute approximate surface area is 147 Å². The van der Waals surface area contributed by atoms with Gasteiger partial charge in [0, 0.05) is 22.2 Å². The summed E-state index contributed by atoms with van der Waals surface area (Å²) in [6.07, 6.45) is 0. The molecule has 2 aromatic rings. The van der Waals surface area contributed by atoms with Crippen LogP contribution in [-0.2, 0) is 12.0 Å². The summed E-state index contributed by atoms with van der Waals surface area (Å²) in [6, 6.07) is 4.46. The number of nitrogens with one attached hydrogen (secondary N) is 2. The Morgan fingerprint density at radius 3 is 2.70 bits per heavy atom. The molecule has 0 bridgehead atoms. The minimum atomic E-state index is 0.0922. The van der Waals surface area contributed by atoms with E-state index in [1.165, 1.54) is 4.88 Å². The van der Waals surface area contributed by atoms with Crippen molar-refractivity contribution >= 4 is 28.6 Å². The lowest BCUT2D eigenvalue weighted by atomic mass is 9.93. The van der Waals surface area contributed by atoms with Gasteiger partial charge in [0.1, 0.15) is 5.01 Å². The largest absolute Gasteiger partial charge is 0.357 e. The number of thiazole rings is 1. The molecule has 126 valence electrons. The molecule has 23 heavy (non-hydrogen) atoms. The molecule has 1 atom stereocenters. The van der Waals surface area contributed by atoms with Crippen LogP contribution < -0.4 is 10.6 Å². The van der Waals surface area contributed by atoms with Crippen LogP contribution in [0.25, 0.3) is 0 Å². The van der Waals surface area contributed by atoms with Gasteiger partial charge in [-0.2, -0.15) is 0 Å². The second-order valence-corrected chi connectivity index (χ2v) is 8.38. The summed E-state index contributed by atoms with van der Waals surface area (Å²) in [6.45, 7) is 12.2. The van der Waals surface area contributed by atoms with Gasteiger partial charge in [0.05, 0.1) is 18.3 Å². The highest BCUT2D eigenvalue weighted by Gasteiger charge is 2.17. The Balaban J connectivity index is 2.02. The van der Waals surface area contributed by atoms with Crippen molar-refractivity contribution < 1.29 is 0 Å². The topological polar surface area (TPSA) is 49.3 Å². The van der Waals surface area contributed by atoms with E-state index >= 15 is 0 Å². The molecule has 0 saturated heterocycles. The van der Waals surface area contributed by atoms with Crippen LogP contribution in [0.5, 0.6) is 0 Å². The molecule has 2 aromatic heterocycles. The van der Waals surface area contributed by atoms with Gasteiger partial charge in [0.2, 0.25) is 0 Å². The predicted octanol–water partition coefficient (Wildman–Crippen LogP) is 4.32. The first-order chi connectivity index (χ1) is 10.9. The number of rotatable bonds is 5. The quantitative estimate of drug-likeness (QED) is 0.624.